The van der Waals surface area contributed by atoms with E-state index in [1.165, 1.54) is 6.26 Å². The summed E-state index contributed by atoms with van der Waals surface area (Å²) in [7, 11) is -3.72. The van der Waals surface area contributed by atoms with Gasteiger partial charge in [0.1, 0.15) is 16.1 Å². The minimum atomic E-state index is -3.72. The van der Waals surface area contributed by atoms with E-state index in [-0.39, 0.29) is 13.0 Å². The first-order valence-electron chi connectivity index (χ1n) is 12.3. The molecule has 8 heteroatoms. The highest BCUT2D eigenvalue weighted by atomic mass is 32.2. The SMILES string of the molecule is CC(C)(C)OC(=O)COc1cccc(C(Cc2ccc(-c3cccnc3)cc2)(c2ccc[nH]2)S(C)(=O)=O)c1. The minimum Gasteiger partial charge on any atom is -0.482 e. The summed E-state index contributed by atoms with van der Waals surface area (Å²) in [6.45, 7) is 5.06. The third-order valence-electron chi connectivity index (χ3n) is 6.14. The molecular weight excluding hydrogens is 500 g/mol. The number of esters is 1. The first-order chi connectivity index (χ1) is 18.0. The number of rotatable bonds is 9. The van der Waals surface area contributed by atoms with Gasteiger partial charge < -0.3 is 14.5 Å². The maximum Gasteiger partial charge on any atom is 0.344 e. The largest absolute Gasteiger partial charge is 0.482 e. The van der Waals surface area contributed by atoms with Gasteiger partial charge in [0.15, 0.2) is 16.4 Å². The molecule has 1 N–H and O–H groups in total. The summed E-state index contributed by atoms with van der Waals surface area (Å²) >= 11 is 0. The van der Waals surface area contributed by atoms with Crippen molar-refractivity contribution in [3.63, 3.8) is 0 Å². The van der Waals surface area contributed by atoms with Gasteiger partial charge in [0.05, 0.1) is 0 Å². The molecule has 0 radical (unpaired) electrons. The molecule has 0 saturated carbocycles. The highest BCUT2D eigenvalue weighted by Crippen LogP contribution is 2.41. The molecule has 0 bridgehead atoms. The van der Waals surface area contributed by atoms with Gasteiger partial charge in [-0.25, -0.2) is 13.2 Å². The number of ether oxygens (including phenoxy) is 2. The van der Waals surface area contributed by atoms with Crippen LogP contribution in [0.3, 0.4) is 0 Å². The number of aromatic amines is 1. The maximum atomic E-state index is 13.6. The van der Waals surface area contributed by atoms with Crippen molar-refractivity contribution in [3.05, 3.63) is 108 Å². The Bertz CT molecular complexity index is 1480. The van der Waals surface area contributed by atoms with Crippen molar-refractivity contribution in [2.24, 2.45) is 0 Å². The van der Waals surface area contributed by atoms with Gasteiger partial charge in [-0.1, -0.05) is 42.5 Å². The number of aromatic nitrogens is 2. The molecule has 2 aromatic heterocycles. The van der Waals surface area contributed by atoms with Crippen LogP contribution in [-0.4, -0.2) is 42.8 Å². The molecule has 2 aromatic carbocycles. The zero-order valence-corrected chi connectivity index (χ0v) is 22.8. The van der Waals surface area contributed by atoms with Gasteiger partial charge in [-0.2, -0.15) is 0 Å². The third kappa shape index (κ3) is 6.14. The average Bonchev–Trinajstić information content (AvgIpc) is 3.41. The van der Waals surface area contributed by atoms with Gasteiger partial charge in [-0.3, -0.25) is 4.98 Å². The quantitative estimate of drug-likeness (QED) is 0.293. The lowest BCUT2D eigenvalue weighted by molar-refractivity contribution is -0.157. The monoisotopic (exact) mass is 532 g/mol. The normalized spacial score (nSPS) is 13.5. The Labute approximate surface area is 223 Å². The van der Waals surface area contributed by atoms with Crippen molar-refractivity contribution in [2.75, 3.05) is 12.9 Å². The van der Waals surface area contributed by atoms with Crippen LogP contribution in [0.15, 0.2) is 91.4 Å². The number of nitrogens with one attached hydrogen (secondary N) is 1. The van der Waals surface area contributed by atoms with Gasteiger partial charge >= 0.3 is 5.97 Å². The Morgan fingerprint density at radius 1 is 0.947 bits per heavy atom. The van der Waals surface area contributed by atoms with E-state index >= 15 is 0 Å². The molecule has 1 atom stereocenters. The average molecular weight is 533 g/mol. The molecule has 7 nitrogen and oxygen atoms in total. The Morgan fingerprint density at radius 2 is 1.71 bits per heavy atom. The molecule has 0 aliphatic heterocycles. The molecule has 4 rings (SSSR count). The minimum absolute atomic E-state index is 0.190. The van der Waals surface area contributed by atoms with E-state index in [9.17, 15) is 13.2 Å². The number of hydrogen-bond acceptors (Lipinski definition) is 6. The van der Waals surface area contributed by atoms with Crippen molar-refractivity contribution in [3.8, 4) is 16.9 Å². The van der Waals surface area contributed by atoms with E-state index in [1.807, 2.05) is 36.4 Å². The molecular formula is C30H32N2O5S. The van der Waals surface area contributed by atoms with Crippen molar-refractivity contribution < 1.29 is 22.7 Å². The van der Waals surface area contributed by atoms with E-state index in [2.05, 4.69) is 9.97 Å². The molecule has 38 heavy (non-hydrogen) atoms. The van der Waals surface area contributed by atoms with E-state index in [0.29, 0.717) is 17.0 Å². The Kier molecular flexibility index (Phi) is 7.73. The van der Waals surface area contributed by atoms with E-state index in [0.717, 1.165) is 16.7 Å². The van der Waals surface area contributed by atoms with Gasteiger partial charge in [0.2, 0.25) is 0 Å². The van der Waals surface area contributed by atoms with Crippen molar-refractivity contribution >= 4 is 15.8 Å². The van der Waals surface area contributed by atoms with Crippen LogP contribution in [0.2, 0.25) is 0 Å². The standard InChI is InChI=1S/C30H32N2O5S/c1-29(2,3)37-28(33)21-36-26-10-5-9-25(18-26)30(38(4,34)35,27-11-7-17-32-27)19-22-12-14-23(15-13-22)24-8-6-16-31-20-24/h5-18,20,32H,19,21H2,1-4H3. The molecule has 1 unspecified atom stereocenters. The van der Waals surface area contributed by atoms with E-state index in [4.69, 9.17) is 9.47 Å². The van der Waals surface area contributed by atoms with Gasteiger partial charge in [0, 0.05) is 37.0 Å². The third-order valence-corrected chi connectivity index (χ3v) is 8.01. The molecule has 0 amide bonds. The zero-order chi connectivity index (χ0) is 27.4. The second-order valence-corrected chi connectivity index (χ2v) is 12.4. The number of carbonyl (C=O) groups is 1. The molecule has 4 aromatic rings. The first-order valence-corrected chi connectivity index (χ1v) is 14.2. The van der Waals surface area contributed by atoms with Crippen molar-refractivity contribution in [2.45, 2.75) is 37.5 Å². The molecule has 0 aliphatic carbocycles. The molecule has 0 spiro atoms. The van der Waals surface area contributed by atoms with Gasteiger partial charge in [0.25, 0.3) is 0 Å². The van der Waals surface area contributed by atoms with Gasteiger partial charge in [-0.15, -0.1) is 0 Å². The van der Waals surface area contributed by atoms with Crippen LogP contribution in [0, 0.1) is 0 Å². The number of hydrogen-bond donors (Lipinski definition) is 1. The summed E-state index contributed by atoms with van der Waals surface area (Å²) in [5.74, 6) is -0.129. The zero-order valence-electron chi connectivity index (χ0n) is 22.0. The number of benzene rings is 2. The summed E-state index contributed by atoms with van der Waals surface area (Å²) in [5, 5.41) is 0. The smallest absolute Gasteiger partial charge is 0.344 e. The van der Waals surface area contributed by atoms with E-state index < -0.39 is 26.2 Å². The van der Waals surface area contributed by atoms with Crippen LogP contribution in [0.1, 0.15) is 37.6 Å². The topological polar surface area (TPSA) is 98.3 Å². The summed E-state index contributed by atoms with van der Waals surface area (Å²) in [5.41, 5.74) is 3.25. The molecule has 0 aliphatic rings. The fraction of sp³-hybridized carbons (Fsp3) is 0.267. The highest BCUT2D eigenvalue weighted by molar-refractivity contribution is 7.91. The Balaban J connectivity index is 1.71. The highest BCUT2D eigenvalue weighted by Gasteiger charge is 2.45. The lowest BCUT2D eigenvalue weighted by Gasteiger charge is -2.32. The van der Waals surface area contributed by atoms with Crippen LogP contribution in [0.25, 0.3) is 11.1 Å². The van der Waals surface area contributed by atoms with Gasteiger partial charge in [-0.05, 0) is 73.4 Å². The second kappa shape index (κ2) is 10.8. The predicted octanol–water partition coefficient (Wildman–Crippen LogP) is 5.33. The fourth-order valence-corrected chi connectivity index (χ4v) is 5.98. The van der Waals surface area contributed by atoms with E-state index in [1.54, 1.807) is 75.8 Å². The maximum absolute atomic E-state index is 13.6. The predicted molar refractivity (Wildman–Crippen MR) is 148 cm³/mol. The number of H-pyrrole nitrogens is 1. The lowest BCUT2D eigenvalue weighted by atomic mass is 9.87. The van der Waals surface area contributed by atoms with Crippen LogP contribution < -0.4 is 4.74 Å². The lowest BCUT2D eigenvalue weighted by Crippen LogP contribution is -2.39. The Hall–Kier alpha value is -3.91. The molecule has 2 heterocycles. The van der Waals surface area contributed by atoms with Crippen LogP contribution in [-0.2, 0) is 30.5 Å². The van der Waals surface area contributed by atoms with Crippen molar-refractivity contribution in [1.29, 1.82) is 0 Å². The molecule has 0 saturated heterocycles. The summed E-state index contributed by atoms with van der Waals surface area (Å²) in [4.78, 5) is 19.5. The van der Waals surface area contributed by atoms with Crippen LogP contribution in [0.4, 0.5) is 0 Å². The molecule has 198 valence electrons. The first kappa shape index (κ1) is 27.1. The van der Waals surface area contributed by atoms with Crippen LogP contribution >= 0.6 is 0 Å². The Morgan fingerprint density at radius 3 is 2.32 bits per heavy atom. The number of pyridine rings is 1. The number of nitrogens with zero attached hydrogens (tertiary/aromatic N) is 1. The van der Waals surface area contributed by atoms with Crippen LogP contribution in [0.5, 0.6) is 5.75 Å². The summed E-state index contributed by atoms with van der Waals surface area (Å²) in [6.07, 6.45) is 6.66. The number of sulfone groups is 1. The molecule has 0 fully saturated rings. The summed E-state index contributed by atoms with van der Waals surface area (Å²) in [6, 6.07) is 22.1. The fourth-order valence-electron chi connectivity index (χ4n) is 4.47. The van der Waals surface area contributed by atoms with Crippen molar-refractivity contribution in [1.82, 2.24) is 9.97 Å². The second-order valence-electron chi connectivity index (χ2n) is 10.2. The summed E-state index contributed by atoms with van der Waals surface area (Å²) < 4.78 is 36.9. The number of carbonyl (C=O) groups excluding carboxylic acids is 1.